The number of aromatic nitrogens is 2. The molecular weight excluding hydrogens is 238 g/mol. The molecule has 0 atom stereocenters. The Kier molecular flexibility index (Phi) is 2.74. The average molecular weight is 251 g/mol. The summed E-state index contributed by atoms with van der Waals surface area (Å²) in [5, 5.41) is 0. The number of thiophene rings is 1. The van der Waals surface area contributed by atoms with Crippen LogP contribution in [0.25, 0.3) is 10.3 Å². The smallest absolute Gasteiger partial charge is 0.351 e. The van der Waals surface area contributed by atoms with E-state index in [2.05, 4.69) is 9.97 Å². The number of ether oxygens (including phenoxy) is 1. The molecule has 2 heterocycles. The normalized spacial score (nSPS) is 11.7. The Labute approximate surface area is 103 Å². The number of nitrogens with zero attached hydrogens (tertiary/aromatic N) is 2. The largest absolute Gasteiger partial charge is 0.456 e. The first-order chi connectivity index (χ1) is 7.88. The number of carbonyl (C=O) groups is 1. The third-order valence-electron chi connectivity index (χ3n) is 1.95. The number of carbonyl (C=O) groups excluding carboxylic acids is 1. The van der Waals surface area contributed by atoms with Crippen LogP contribution in [0.1, 0.15) is 30.4 Å². The predicted octanol–water partition coefficient (Wildman–Crippen LogP) is 2.23. The van der Waals surface area contributed by atoms with Crippen LogP contribution in [0.5, 0.6) is 0 Å². The average Bonchev–Trinajstić information content (AvgIpc) is 2.55. The summed E-state index contributed by atoms with van der Waals surface area (Å²) in [6.45, 7) is 5.43. The summed E-state index contributed by atoms with van der Waals surface area (Å²) >= 11 is 1.20. The minimum absolute atomic E-state index is 0.340. The van der Waals surface area contributed by atoms with Gasteiger partial charge in [-0.3, -0.25) is 0 Å². The Hall–Kier alpha value is -1.69. The Morgan fingerprint density at radius 3 is 2.59 bits per heavy atom. The monoisotopic (exact) mass is 251 g/mol. The van der Waals surface area contributed by atoms with Crippen molar-refractivity contribution < 1.29 is 9.53 Å². The number of nitrogen functional groups attached to an aromatic ring is 1. The number of nitrogens with two attached hydrogens (primary N) is 1. The summed E-state index contributed by atoms with van der Waals surface area (Å²) in [6, 6.07) is 0. The van der Waals surface area contributed by atoms with Gasteiger partial charge in [-0.1, -0.05) is 0 Å². The molecule has 0 fully saturated rings. The van der Waals surface area contributed by atoms with Gasteiger partial charge in [0.1, 0.15) is 20.8 Å². The highest BCUT2D eigenvalue weighted by molar-refractivity contribution is 7.21. The van der Waals surface area contributed by atoms with E-state index in [0.717, 1.165) is 0 Å². The van der Waals surface area contributed by atoms with Gasteiger partial charge in [-0.2, -0.15) is 0 Å². The fraction of sp³-hybridized carbons (Fsp3) is 0.364. The summed E-state index contributed by atoms with van der Waals surface area (Å²) in [7, 11) is 0. The summed E-state index contributed by atoms with van der Waals surface area (Å²) in [4.78, 5) is 21.1. The molecule has 90 valence electrons. The van der Waals surface area contributed by atoms with Crippen molar-refractivity contribution in [2.75, 3.05) is 5.73 Å². The molecule has 0 amide bonds. The Bertz CT molecular complexity index is 572. The van der Waals surface area contributed by atoms with E-state index in [1.54, 1.807) is 12.4 Å². The van der Waals surface area contributed by atoms with E-state index in [4.69, 9.17) is 10.5 Å². The maximum atomic E-state index is 11.9. The molecule has 0 aliphatic carbocycles. The SMILES string of the molecule is CC(C)(C)OC(=O)c1sc2nccnc2c1N. The van der Waals surface area contributed by atoms with Crippen molar-refractivity contribution >= 4 is 33.3 Å². The van der Waals surface area contributed by atoms with Crippen molar-refractivity contribution in [1.29, 1.82) is 0 Å². The van der Waals surface area contributed by atoms with Gasteiger partial charge in [0.25, 0.3) is 0 Å². The molecule has 2 aromatic heterocycles. The molecule has 5 nitrogen and oxygen atoms in total. The molecule has 0 aliphatic heterocycles. The van der Waals surface area contributed by atoms with Crippen molar-refractivity contribution in [3.8, 4) is 0 Å². The van der Waals surface area contributed by atoms with E-state index in [-0.39, 0.29) is 0 Å². The summed E-state index contributed by atoms with van der Waals surface area (Å²) in [6.07, 6.45) is 3.11. The fourth-order valence-electron chi connectivity index (χ4n) is 1.32. The number of fused-ring (bicyclic) bond motifs is 1. The van der Waals surface area contributed by atoms with Crippen LogP contribution in [0.15, 0.2) is 12.4 Å². The first-order valence-electron chi connectivity index (χ1n) is 5.11. The Morgan fingerprint density at radius 2 is 2.00 bits per heavy atom. The third kappa shape index (κ3) is 2.36. The number of hydrogen-bond acceptors (Lipinski definition) is 6. The zero-order chi connectivity index (χ0) is 12.6. The minimum atomic E-state index is -0.541. The lowest BCUT2D eigenvalue weighted by atomic mass is 10.2. The summed E-state index contributed by atoms with van der Waals surface area (Å²) in [5.74, 6) is -0.431. The van der Waals surface area contributed by atoms with Crippen molar-refractivity contribution in [2.45, 2.75) is 26.4 Å². The van der Waals surface area contributed by atoms with Crippen molar-refractivity contribution in [2.24, 2.45) is 0 Å². The summed E-state index contributed by atoms with van der Waals surface area (Å²) < 4.78 is 5.27. The van der Waals surface area contributed by atoms with Crippen LogP contribution in [0.2, 0.25) is 0 Å². The van der Waals surface area contributed by atoms with Gasteiger partial charge < -0.3 is 10.5 Å². The van der Waals surface area contributed by atoms with Crippen LogP contribution in [0.3, 0.4) is 0 Å². The van der Waals surface area contributed by atoms with E-state index < -0.39 is 11.6 Å². The van der Waals surface area contributed by atoms with Gasteiger partial charge in [-0.15, -0.1) is 11.3 Å². The van der Waals surface area contributed by atoms with Crippen LogP contribution >= 0.6 is 11.3 Å². The van der Waals surface area contributed by atoms with Crippen LogP contribution in [-0.2, 0) is 4.74 Å². The molecule has 2 aromatic rings. The van der Waals surface area contributed by atoms with Crippen LogP contribution < -0.4 is 5.73 Å². The molecule has 6 heteroatoms. The topological polar surface area (TPSA) is 78.1 Å². The second-order valence-electron chi connectivity index (χ2n) is 4.56. The molecule has 0 saturated carbocycles. The number of rotatable bonds is 1. The standard InChI is InChI=1S/C11H13N3O2S/c1-11(2,3)16-10(15)8-6(12)7-9(17-8)14-5-4-13-7/h4-5H,12H2,1-3H3. The zero-order valence-electron chi connectivity index (χ0n) is 9.85. The van der Waals surface area contributed by atoms with E-state index in [0.29, 0.717) is 20.9 Å². The first kappa shape index (κ1) is 11.8. The Morgan fingerprint density at radius 1 is 1.35 bits per heavy atom. The molecule has 0 aromatic carbocycles. The fourth-order valence-corrected chi connectivity index (χ4v) is 2.22. The first-order valence-corrected chi connectivity index (χ1v) is 5.92. The van der Waals surface area contributed by atoms with Crippen molar-refractivity contribution in [3.05, 3.63) is 17.3 Å². The predicted molar refractivity (Wildman–Crippen MR) is 67.0 cm³/mol. The molecule has 0 unspecified atom stereocenters. The third-order valence-corrected chi connectivity index (χ3v) is 3.03. The van der Waals surface area contributed by atoms with Gasteiger partial charge in [0.15, 0.2) is 0 Å². The van der Waals surface area contributed by atoms with E-state index in [1.165, 1.54) is 11.3 Å². The molecule has 0 radical (unpaired) electrons. The van der Waals surface area contributed by atoms with Gasteiger partial charge in [-0.25, -0.2) is 14.8 Å². The molecule has 2 rings (SSSR count). The lowest BCUT2D eigenvalue weighted by Crippen LogP contribution is -2.23. The maximum absolute atomic E-state index is 11.9. The van der Waals surface area contributed by atoms with Crippen LogP contribution in [-0.4, -0.2) is 21.5 Å². The highest BCUT2D eigenvalue weighted by Crippen LogP contribution is 2.31. The highest BCUT2D eigenvalue weighted by Gasteiger charge is 2.23. The lowest BCUT2D eigenvalue weighted by Gasteiger charge is -2.18. The zero-order valence-corrected chi connectivity index (χ0v) is 10.7. The maximum Gasteiger partial charge on any atom is 0.351 e. The number of hydrogen-bond donors (Lipinski definition) is 1. The molecule has 17 heavy (non-hydrogen) atoms. The highest BCUT2D eigenvalue weighted by atomic mass is 32.1. The van der Waals surface area contributed by atoms with Gasteiger partial charge >= 0.3 is 5.97 Å². The van der Waals surface area contributed by atoms with E-state index in [9.17, 15) is 4.79 Å². The van der Waals surface area contributed by atoms with Crippen molar-refractivity contribution in [3.63, 3.8) is 0 Å². The second-order valence-corrected chi connectivity index (χ2v) is 5.56. The number of anilines is 1. The second kappa shape index (κ2) is 3.96. The molecule has 0 spiro atoms. The molecule has 2 N–H and O–H groups in total. The molecule has 0 bridgehead atoms. The molecule has 0 saturated heterocycles. The van der Waals surface area contributed by atoms with E-state index in [1.807, 2.05) is 20.8 Å². The van der Waals surface area contributed by atoms with E-state index >= 15 is 0 Å². The summed E-state index contributed by atoms with van der Waals surface area (Å²) in [5.41, 5.74) is 6.22. The molecular formula is C11H13N3O2S. The van der Waals surface area contributed by atoms with Crippen LogP contribution in [0, 0.1) is 0 Å². The van der Waals surface area contributed by atoms with Crippen LogP contribution in [0.4, 0.5) is 5.69 Å². The lowest BCUT2D eigenvalue weighted by molar-refractivity contribution is 0.00764. The number of esters is 1. The van der Waals surface area contributed by atoms with Gasteiger partial charge in [-0.05, 0) is 20.8 Å². The van der Waals surface area contributed by atoms with Gasteiger partial charge in [0, 0.05) is 12.4 Å². The van der Waals surface area contributed by atoms with Crippen molar-refractivity contribution in [1.82, 2.24) is 9.97 Å². The van der Waals surface area contributed by atoms with Gasteiger partial charge in [0.05, 0.1) is 5.69 Å². The van der Waals surface area contributed by atoms with Gasteiger partial charge in [0.2, 0.25) is 0 Å². The molecule has 0 aliphatic rings. The minimum Gasteiger partial charge on any atom is -0.456 e. The Balaban J connectivity index is 2.43. The quantitative estimate of drug-likeness (QED) is 0.786.